The van der Waals surface area contributed by atoms with Gasteiger partial charge in [-0.3, -0.25) is 0 Å². The second-order valence-electron chi connectivity index (χ2n) is 6.77. The molecule has 2 heterocycles. The van der Waals surface area contributed by atoms with Crippen molar-refractivity contribution >= 4 is 21.7 Å². The molecule has 0 fully saturated rings. The third kappa shape index (κ3) is 3.66. The van der Waals surface area contributed by atoms with Gasteiger partial charge in [0.15, 0.2) is 0 Å². The van der Waals surface area contributed by atoms with Crippen molar-refractivity contribution in [2.75, 3.05) is 31.6 Å². The van der Waals surface area contributed by atoms with E-state index in [-0.39, 0.29) is 5.76 Å². The molecular formula is C20H26N2O5S. The van der Waals surface area contributed by atoms with E-state index in [1.165, 1.54) is 11.4 Å². The van der Waals surface area contributed by atoms with Gasteiger partial charge in [-0.2, -0.15) is 4.31 Å². The largest absolute Gasteiger partial charge is 0.463 e. The lowest BCUT2D eigenvalue weighted by molar-refractivity contribution is 0.0562. The average Bonchev–Trinajstić information content (AvgIpc) is 3.25. The van der Waals surface area contributed by atoms with Crippen LogP contribution >= 0.6 is 0 Å². The van der Waals surface area contributed by atoms with Crippen molar-refractivity contribution in [2.45, 2.75) is 38.6 Å². The summed E-state index contributed by atoms with van der Waals surface area (Å²) in [6, 6.07) is 7.13. The van der Waals surface area contributed by atoms with Crippen LogP contribution in [0, 0.1) is 6.92 Å². The minimum atomic E-state index is -3.47. The minimum absolute atomic E-state index is 0.220. The Hall–Kier alpha value is -2.32. The highest BCUT2D eigenvalue weighted by atomic mass is 32.2. The summed E-state index contributed by atoms with van der Waals surface area (Å²) in [5.74, 6) is 0.403. The van der Waals surface area contributed by atoms with Crippen molar-refractivity contribution in [3.05, 3.63) is 46.9 Å². The van der Waals surface area contributed by atoms with Crippen LogP contribution in [0.1, 0.15) is 41.3 Å². The number of hydrogen-bond acceptors (Lipinski definition) is 6. The summed E-state index contributed by atoms with van der Waals surface area (Å²) in [6.45, 7) is 7.64. The molecule has 0 bridgehead atoms. The topological polar surface area (TPSA) is 80.1 Å². The van der Waals surface area contributed by atoms with E-state index in [0.29, 0.717) is 30.3 Å². The molecule has 28 heavy (non-hydrogen) atoms. The van der Waals surface area contributed by atoms with Crippen molar-refractivity contribution in [3.8, 4) is 0 Å². The zero-order valence-corrected chi connectivity index (χ0v) is 17.5. The third-order valence-electron chi connectivity index (χ3n) is 5.07. The smallest absolute Gasteiger partial charge is 0.374 e. The number of fused-ring (bicyclic) bond motifs is 1. The number of aryl methyl sites for hydroxylation is 1. The summed E-state index contributed by atoms with van der Waals surface area (Å²) < 4.78 is 37.4. The van der Waals surface area contributed by atoms with Crippen LogP contribution in [-0.2, 0) is 27.7 Å². The number of benzene rings is 1. The number of esters is 1. The maximum Gasteiger partial charge on any atom is 0.374 e. The Kier molecular flexibility index (Phi) is 5.81. The Balaban J connectivity index is 1.83. The molecule has 8 heteroatoms. The number of carbonyl (C=O) groups is 1. The van der Waals surface area contributed by atoms with Gasteiger partial charge in [0.2, 0.25) is 15.8 Å². The van der Waals surface area contributed by atoms with Gasteiger partial charge in [-0.05, 0) is 43.2 Å². The van der Waals surface area contributed by atoms with E-state index in [4.69, 9.17) is 9.15 Å². The Morgan fingerprint density at radius 1 is 1.25 bits per heavy atom. The van der Waals surface area contributed by atoms with Gasteiger partial charge < -0.3 is 14.1 Å². The van der Waals surface area contributed by atoms with E-state index in [2.05, 4.69) is 4.90 Å². The molecular weight excluding hydrogens is 380 g/mol. The van der Waals surface area contributed by atoms with Gasteiger partial charge in [-0.15, -0.1) is 0 Å². The fraction of sp³-hybridized carbons (Fsp3) is 0.450. The van der Waals surface area contributed by atoms with Gasteiger partial charge in [0, 0.05) is 30.9 Å². The average molecular weight is 407 g/mol. The number of rotatable bonds is 7. The molecule has 0 atom stereocenters. The number of hydrogen-bond donors (Lipinski definition) is 0. The molecule has 0 spiro atoms. The summed E-state index contributed by atoms with van der Waals surface area (Å²) in [4.78, 5) is 14.2. The summed E-state index contributed by atoms with van der Waals surface area (Å²) in [5.41, 5.74) is 2.74. The molecule has 3 rings (SSSR count). The van der Waals surface area contributed by atoms with E-state index in [1.807, 2.05) is 32.9 Å². The fourth-order valence-corrected chi connectivity index (χ4v) is 5.10. The summed E-state index contributed by atoms with van der Waals surface area (Å²) in [7, 11) is -2.15. The highest BCUT2D eigenvalue weighted by Gasteiger charge is 2.27. The van der Waals surface area contributed by atoms with Crippen molar-refractivity contribution < 1.29 is 22.4 Å². The van der Waals surface area contributed by atoms with Crippen molar-refractivity contribution in [1.29, 1.82) is 0 Å². The lowest BCUT2D eigenvalue weighted by Crippen LogP contribution is -2.30. The number of methoxy groups -OCH3 is 1. The number of furan rings is 1. The lowest BCUT2D eigenvalue weighted by Gasteiger charge is -2.20. The SMILES string of the molecule is CCN(CC)S(=O)(=O)c1ccc2c(c1)CCN2Cc1cc(C)c(C(=O)OC)o1. The molecule has 0 amide bonds. The zero-order chi connectivity index (χ0) is 20.5. The Bertz CT molecular complexity index is 976. The Labute approximate surface area is 165 Å². The number of carbonyl (C=O) groups excluding carboxylic acids is 1. The Morgan fingerprint density at radius 3 is 2.61 bits per heavy atom. The van der Waals surface area contributed by atoms with Crippen molar-refractivity contribution in [3.63, 3.8) is 0 Å². The molecule has 0 aliphatic carbocycles. The molecule has 0 saturated carbocycles. The van der Waals surface area contributed by atoms with Crippen LogP contribution in [0.15, 0.2) is 33.6 Å². The second-order valence-corrected chi connectivity index (χ2v) is 8.71. The number of ether oxygens (including phenoxy) is 1. The number of anilines is 1. The van der Waals surface area contributed by atoms with Crippen LogP contribution in [0.2, 0.25) is 0 Å². The van der Waals surface area contributed by atoms with Crippen molar-refractivity contribution in [1.82, 2.24) is 4.31 Å². The van der Waals surface area contributed by atoms with Crippen LogP contribution in [0.3, 0.4) is 0 Å². The van der Waals surface area contributed by atoms with E-state index >= 15 is 0 Å². The summed E-state index contributed by atoms with van der Waals surface area (Å²) in [6.07, 6.45) is 0.764. The predicted octanol–water partition coefficient (Wildman–Crippen LogP) is 2.97. The first-order valence-corrected chi connectivity index (χ1v) is 10.8. The van der Waals surface area contributed by atoms with Crippen LogP contribution in [0.4, 0.5) is 5.69 Å². The molecule has 152 valence electrons. The van der Waals surface area contributed by atoms with Crippen molar-refractivity contribution in [2.24, 2.45) is 0 Å². The van der Waals surface area contributed by atoms with Crippen LogP contribution in [-0.4, -0.2) is 45.4 Å². The fourth-order valence-electron chi connectivity index (χ4n) is 3.59. The van der Waals surface area contributed by atoms with Gasteiger partial charge >= 0.3 is 5.97 Å². The standard InChI is InChI=1S/C20H26N2O5S/c1-5-22(6-2)28(24,25)17-7-8-18-15(12-17)9-10-21(18)13-16-11-14(3)19(27-16)20(23)26-4/h7-8,11-12H,5-6,9-10,13H2,1-4H3. The van der Waals surface area contributed by atoms with Crippen LogP contribution in [0.25, 0.3) is 0 Å². The maximum absolute atomic E-state index is 12.8. The summed E-state index contributed by atoms with van der Waals surface area (Å²) in [5, 5.41) is 0. The summed E-state index contributed by atoms with van der Waals surface area (Å²) >= 11 is 0. The van der Waals surface area contributed by atoms with Gasteiger partial charge in [-0.1, -0.05) is 13.8 Å². The molecule has 1 aliphatic heterocycles. The molecule has 1 aromatic heterocycles. The van der Waals surface area contributed by atoms with Gasteiger partial charge in [0.1, 0.15) is 5.76 Å². The second kappa shape index (κ2) is 7.97. The first kappa shape index (κ1) is 20.4. The third-order valence-corrected chi connectivity index (χ3v) is 7.12. The highest BCUT2D eigenvalue weighted by Crippen LogP contribution is 2.32. The first-order chi connectivity index (χ1) is 13.3. The number of sulfonamides is 1. The van der Waals surface area contributed by atoms with E-state index in [0.717, 1.165) is 29.8 Å². The molecule has 0 unspecified atom stereocenters. The molecule has 7 nitrogen and oxygen atoms in total. The lowest BCUT2D eigenvalue weighted by atomic mass is 10.2. The minimum Gasteiger partial charge on any atom is -0.463 e. The molecule has 2 aromatic rings. The van der Waals surface area contributed by atoms with Crippen LogP contribution in [0.5, 0.6) is 0 Å². The normalized spacial score (nSPS) is 13.8. The van der Waals surface area contributed by atoms with Gasteiger partial charge in [-0.25, -0.2) is 13.2 Å². The highest BCUT2D eigenvalue weighted by molar-refractivity contribution is 7.89. The monoisotopic (exact) mass is 406 g/mol. The van der Waals surface area contributed by atoms with Gasteiger partial charge in [0.25, 0.3) is 0 Å². The quantitative estimate of drug-likeness (QED) is 0.658. The molecule has 1 aromatic carbocycles. The van der Waals surface area contributed by atoms with Crippen LogP contribution < -0.4 is 4.90 Å². The predicted molar refractivity (Wildman–Crippen MR) is 106 cm³/mol. The molecule has 1 aliphatic rings. The van der Waals surface area contributed by atoms with E-state index < -0.39 is 16.0 Å². The first-order valence-electron chi connectivity index (χ1n) is 9.37. The maximum atomic E-state index is 12.8. The zero-order valence-electron chi connectivity index (χ0n) is 16.7. The van der Waals surface area contributed by atoms with E-state index in [1.54, 1.807) is 12.1 Å². The van der Waals surface area contributed by atoms with E-state index in [9.17, 15) is 13.2 Å². The molecule has 0 saturated heterocycles. The number of nitrogens with zero attached hydrogens (tertiary/aromatic N) is 2. The molecule has 0 radical (unpaired) electrons. The van der Waals surface area contributed by atoms with Gasteiger partial charge in [0.05, 0.1) is 18.6 Å². The Morgan fingerprint density at radius 2 is 1.96 bits per heavy atom. The molecule has 0 N–H and O–H groups in total.